The summed E-state index contributed by atoms with van der Waals surface area (Å²) < 4.78 is 1.84. The lowest BCUT2D eigenvalue weighted by Crippen LogP contribution is -2.26. The second-order valence-corrected chi connectivity index (χ2v) is 8.40. The minimum Gasteiger partial charge on any atom is -0.383 e. The number of benzene rings is 1. The van der Waals surface area contributed by atoms with E-state index in [9.17, 15) is 0 Å². The summed E-state index contributed by atoms with van der Waals surface area (Å²) in [6.07, 6.45) is 2.59. The number of hydrogen-bond acceptors (Lipinski definition) is 6. The monoisotopic (exact) mass is 379 g/mol. The van der Waals surface area contributed by atoms with Crippen molar-refractivity contribution in [3.63, 3.8) is 0 Å². The van der Waals surface area contributed by atoms with Crippen molar-refractivity contribution >= 4 is 22.8 Å². The van der Waals surface area contributed by atoms with E-state index in [-0.39, 0.29) is 5.54 Å². The summed E-state index contributed by atoms with van der Waals surface area (Å²) in [5, 5.41) is 8.90. The Hall–Kier alpha value is -2.67. The van der Waals surface area contributed by atoms with Gasteiger partial charge in [-0.3, -0.25) is 0 Å². The van der Waals surface area contributed by atoms with Crippen LogP contribution >= 0.6 is 0 Å². The molecule has 0 saturated carbocycles. The van der Waals surface area contributed by atoms with Gasteiger partial charge in [-0.25, -0.2) is 9.67 Å². The summed E-state index contributed by atoms with van der Waals surface area (Å²) in [6.45, 7) is 10.4. The smallest absolute Gasteiger partial charge is 0.225 e. The molecule has 2 aromatic heterocycles. The molecule has 0 unspecified atom stereocenters. The Kier molecular flexibility index (Phi) is 4.93. The van der Waals surface area contributed by atoms with Crippen LogP contribution in [0.3, 0.4) is 0 Å². The number of nitrogens with zero attached hydrogens (tertiary/aromatic N) is 5. The highest BCUT2D eigenvalue weighted by molar-refractivity contribution is 5.99. The van der Waals surface area contributed by atoms with Gasteiger partial charge in [0.15, 0.2) is 5.65 Å². The summed E-state index contributed by atoms with van der Waals surface area (Å²) in [5.74, 6) is 1.20. The second-order valence-electron chi connectivity index (χ2n) is 8.40. The zero-order chi connectivity index (χ0) is 19.7. The first kappa shape index (κ1) is 18.7. The molecule has 28 heavy (non-hydrogen) atoms. The molecule has 0 aliphatic carbocycles. The van der Waals surface area contributed by atoms with Crippen molar-refractivity contribution in [3.8, 4) is 11.3 Å². The van der Waals surface area contributed by atoms with Gasteiger partial charge in [0.2, 0.25) is 5.95 Å². The van der Waals surface area contributed by atoms with Gasteiger partial charge in [0.25, 0.3) is 0 Å². The number of fused-ring (bicyclic) bond motifs is 1. The lowest BCUT2D eigenvalue weighted by molar-refractivity contribution is 0.352. The quantitative estimate of drug-likeness (QED) is 0.707. The van der Waals surface area contributed by atoms with Crippen LogP contribution in [0.1, 0.15) is 33.6 Å². The molecular weight excluding hydrogens is 350 g/mol. The number of rotatable bonds is 5. The predicted octanol–water partition coefficient (Wildman–Crippen LogP) is 3.34. The number of nitrogen functional groups attached to an aromatic ring is 1. The normalized spacial score (nSPS) is 15.4. The first-order valence-electron chi connectivity index (χ1n) is 10.0. The first-order chi connectivity index (χ1) is 13.4. The van der Waals surface area contributed by atoms with Crippen molar-refractivity contribution in [3.05, 3.63) is 30.3 Å². The molecule has 1 fully saturated rings. The van der Waals surface area contributed by atoms with E-state index in [4.69, 9.17) is 15.8 Å². The van der Waals surface area contributed by atoms with Crippen molar-refractivity contribution in [1.29, 1.82) is 0 Å². The largest absolute Gasteiger partial charge is 0.383 e. The third-order valence-corrected chi connectivity index (χ3v) is 5.16. The lowest BCUT2D eigenvalue weighted by Gasteiger charge is -2.20. The van der Waals surface area contributed by atoms with E-state index in [0.29, 0.717) is 17.4 Å². The number of anilines is 2. The molecule has 1 aromatic carbocycles. The Bertz CT molecular complexity index is 950. The topological polar surface area (TPSA) is 84.9 Å². The number of nitrogens with two attached hydrogens (primary N) is 1. The van der Waals surface area contributed by atoms with Gasteiger partial charge in [-0.2, -0.15) is 4.98 Å². The maximum atomic E-state index is 6.49. The standard InChI is InChI=1S/C21H29N7/c1-21(2,3)28-18(22)16-17(15-9-5-4-6-10-15)24-20(25-19(16)26-28)23-11-14-27-12-7-8-13-27/h4-6,9-10H,7-8,11-14,22H2,1-3H3,(H,23,25,26). The summed E-state index contributed by atoms with van der Waals surface area (Å²) in [4.78, 5) is 12.0. The van der Waals surface area contributed by atoms with Crippen molar-refractivity contribution < 1.29 is 0 Å². The molecule has 0 radical (unpaired) electrons. The summed E-state index contributed by atoms with van der Waals surface area (Å²) in [6, 6.07) is 10.1. The number of aromatic nitrogens is 4. The average molecular weight is 380 g/mol. The highest BCUT2D eigenvalue weighted by Gasteiger charge is 2.24. The third-order valence-electron chi connectivity index (χ3n) is 5.16. The van der Waals surface area contributed by atoms with Crippen LogP contribution in [0.4, 0.5) is 11.8 Å². The van der Waals surface area contributed by atoms with E-state index in [1.165, 1.54) is 25.9 Å². The third kappa shape index (κ3) is 3.67. The maximum Gasteiger partial charge on any atom is 0.225 e. The van der Waals surface area contributed by atoms with Crippen LogP contribution in [-0.4, -0.2) is 50.8 Å². The zero-order valence-electron chi connectivity index (χ0n) is 16.9. The molecule has 3 heterocycles. The van der Waals surface area contributed by atoms with E-state index >= 15 is 0 Å². The number of nitrogens with one attached hydrogen (secondary N) is 1. The molecule has 7 nitrogen and oxygen atoms in total. The van der Waals surface area contributed by atoms with Crippen molar-refractivity contribution in [1.82, 2.24) is 24.6 Å². The van der Waals surface area contributed by atoms with Crippen LogP contribution in [0.5, 0.6) is 0 Å². The van der Waals surface area contributed by atoms with Gasteiger partial charge in [-0.05, 0) is 46.7 Å². The van der Waals surface area contributed by atoms with Gasteiger partial charge in [-0.1, -0.05) is 30.3 Å². The highest BCUT2D eigenvalue weighted by atomic mass is 15.4. The van der Waals surface area contributed by atoms with Gasteiger partial charge >= 0.3 is 0 Å². The predicted molar refractivity (Wildman–Crippen MR) is 114 cm³/mol. The fourth-order valence-electron chi connectivity index (χ4n) is 3.74. The summed E-state index contributed by atoms with van der Waals surface area (Å²) in [5.41, 5.74) is 8.72. The number of hydrogen-bond donors (Lipinski definition) is 2. The minimum atomic E-state index is -0.234. The van der Waals surface area contributed by atoms with Gasteiger partial charge in [0.1, 0.15) is 5.82 Å². The maximum absolute atomic E-state index is 6.49. The van der Waals surface area contributed by atoms with Crippen LogP contribution in [0.2, 0.25) is 0 Å². The zero-order valence-corrected chi connectivity index (χ0v) is 16.9. The molecule has 3 aromatic rings. The molecule has 1 aliphatic heterocycles. The molecule has 1 aliphatic rings. The van der Waals surface area contributed by atoms with Crippen LogP contribution < -0.4 is 11.1 Å². The SMILES string of the molecule is CC(C)(C)n1nc2nc(NCCN3CCCC3)nc(-c3ccccc3)c2c1N. The van der Waals surface area contributed by atoms with Crippen LogP contribution in [0, 0.1) is 0 Å². The van der Waals surface area contributed by atoms with Crippen LogP contribution in [0.15, 0.2) is 30.3 Å². The Morgan fingerprint density at radius 3 is 2.46 bits per heavy atom. The molecule has 1 saturated heterocycles. The van der Waals surface area contributed by atoms with E-state index in [1.54, 1.807) is 0 Å². The Morgan fingerprint density at radius 1 is 1.07 bits per heavy atom. The summed E-state index contributed by atoms with van der Waals surface area (Å²) >= 11 is 0. The molecular formula is C21H29N7. The van der Waals surface area contributed by atoms with Gasteiger partial charge < -0.3 is 16.0 Å². The molecule has 148 valence electrons. The number of likely N-dealkylation sites (tertiary alicyclic amines) is 1. The highest BCUT2D eigenvalue weighted by Crippen LogP contribution is 2.33. The second kappa shape index (κ2) is 7.39. The Morgan fingerprint density at radius 2 is 1.79 bits per heavy atom. The van der Waals surface area contributed by atoms with Gasteiger partial charge in [0, 0.05) is 18.7 Å². The lowest BCUT2D eigenvalue weighted by atomic mass is 10.1. The van der Waals surface area contributed by atoms with Gasteiger partial charge in [-0.15, -0.1) is 5.10 Å². The minimum absolute atomic E-state index is 0.234. The van der Waals surface area contributed by atoms with E-state index < -0.39 is 0 Å². The van der Waals surface area contributed by atoms with Crippen LogP contribution in [0.25, 0.3) is 22.3 Å². The molecule has 0 amide bonds. The Balaban J connectivity index is 1.73. The fourth-order valence-corrected chi connectivity index (χ4v) is 3.74. The van der Waals surface area contributed by atoms with Crippen LogP contribution in [-0.2, 0) is 5.54 Å². The first-order valence-corrected chi connectivity index (χ1v) is 10.0. The molecule has 4 rings (SSSR count). The average Bonchev–Trinajstić information content (AvgIpc) is 3.30. The van der Waals surface area contributed by atoms with Crippen molar-refractivity contribution in [2.45, 2.75) is 39.2 Å². The molecule has 0 atom stereocenters. The van der Waals surface area contributed by atoms with Crippen molar-refractivity contribution in [2.75, 3.05) is 37.2 Å². The molecule has 3 N–H and O–H groups in total. The molecule has 0 bridgehead atoms. The van der Waals surface area contributed by atoms with Gasteiger partial charge in [0.05, 0.1) is 16.6 Å². The van der Waals surface area contributed by atoms with E-state index in [0.717, 1.165) is 29.7 Å². The fraction of sp³-hybridized carbons (Fsp3) is 0.476. The van der Waals surface area contributed by atoms with Crippen molar-refractivity contribution in [2.24, 2.45) is 0 Å². The molecule has 0 spiro atoms. The summed E-state index contributed by atoms with van der Waals surface area (Å²) in [7, 11) is 0. The van der Waals surface area contributed by atoms with E-state index in [1.807, 2.05) is 35.0 Å². The Labute approximate surface area is 166 Å². The van der Waals surface area contributed by atoms with E-state index in [2.05, 4.69) is 36.0 Å². The molecule has 7 heteroatoms.